The Morgan fingerprint density at radius 2 is 1.84 bits per heavy atom. The minimum atomic E-state index is -0.0828. The van der Waals surface area contributed by atoms with Crippen LogP contribution in [0.5, 0.6) is 0 Å². The zero-order chi connectivity index (χ0) is 18.1. The molecule has 0 aliphatic rings. The Kier molecular flexibility index (Phi) is 8.61. The molecule has 0 bridgehead atoms. The summed E-state index contributed by atoms with van der Waals surface area (Å²) in [6, 6.07) is 9.80. The van der Waals surface area contributed by atoms with Crippen molar-refractivity contribution in [2.45, 2.75) is 39.5 Å². The van der Waals surface area contributed by atoms with E-state index in [9.17, 15) is 4.79 Å². The molecule has 1 aromatic heterocycles. The van der Waals surface area contributed by atoms with Crippen LogP contribution in [0.1, 0.15) is 50.0 Å². The molecule has 1 aromatic carbocycles. The smallest absolute Gasteiger partial charge is 0.269 e. The lowest BCUT2D eigenvalue weighted by Gasteiger charge is -2.20. The molecule has 4 nitrogen and oxygen atoms in total. The average Bonchev–Trinajstić information content (AvgIpc) is 2.61. The number of nitrogens with one attached hydrogen (secondary N) is 1. The van der Waals surface area contributed by atoms with Gasteiger partial charge in [0.05, 0.1) is 5.52 Å². The molecule has 0 saturated carbocycles. The number of carbonyl (C=O) groups is 1. The van der Waals surface area contributed by atoms with Crippen molar-refractivity contribution in [1.82, 2.24) is 15.2 Å². The van der Waals surface area contributed by atoms with Crippen LogP contribution >= 0.6 is 22.6 Å². The number of rotatable bonds is 10. The SMILES string of the molecule is CCCN(CCC)CCCCNC(=O)c1ccc2cccc(I)c2n1. The van der Waals surface area contributed by atoms with Gasteiger partial charge in [-0.3, -0.25) is 4.79 Å². The minimum Gasteiger partial charge on any atom is -0.351 e. The van der Waals surface area contributed by atoms with Gasteiger partial charge in [-0.25, -0.2) is 4.98 Å². The summed E-state index contributed by atoms with van der Waals surface area (Å²) in [7, 11) is 0. The quantitative estimate of drug-likeness (QED) is 0.427. The maximum atomic E-state index is 12.3. The monoisotopic (exact) mass is 453 g/mol. The molecule has 0 aliphatic heterocycles. The van der Waals surface area contributed by atoms with Crippen LogP contribution in [-0.2, 0) is 0 Å². The lowest BCUT2D eigenvalue weighted by molar-refractivity contribution is 0.0948. The van der Waals surface area contributed by atoms with Gasteiger partial charge in [-0.2, -0.15) is 0 Å². The Balaban J connectivity index is 1.79. The van der Waals surface area contributed by atoms with Crippen LogP contribution in [0.4, 0.5) is 0 Å². The molecule has 1 amide bonds. The van der Waals surface area contributed by atoms with E-state index in [0.29, 0.717) is 12.2 Å². The Morgan fingerprint density at radius 3 is 2.56 bits per heavy atom. The van der Waals surface area contributed by atoms with E-state index in [4.69, 9.17) is 0 Å². The average molecular weight is 453 g/mol. The van der Waals surface area contributed by atoms with Gasteiger partial charge in [-0.15, -0.1) is 0 Å². The number of fused-ring (bicyclic) bond motifs is 1. The molecule has 0 atom stereocenters. The van der Waals surface area contributed by atoms with Gasteiger partial charge in [0.15, 0.2) is 0 Å². The van der Waals surface area contributed by atoms with Crippen LogP contribution in [0.2, 0.25) is 0 Å². The summed E-state index contributed by atoms with van der Waals surface area (Å²) in [5, 5.41) is 4.06. The fourth-order valence-electron chi connectivity index (χ4n) is 2.96. The van der Waals surface area contributed by atoms with Crippen molar-refractivity contribution in [2.75, 3.05) is 26.2 Å². The number of aromatic nitrogens is 1. The van der Waals surface area contributed by atoms with Crippen molar-refractivity contribution in [3.63, 3.8) is 0 Å². The van der Waals surface area contributed by atoms with E-state index in [1.165, 1.54) is 25.9 Å². The number of nitrogens with zero attached hydrogens (tertiary/aromatic N) is 2. The minimum absolute atomic E-state index is 0.0828. The molecule has 25 heavy (non-hydrogen) atoms. The third kappa shape index (κ3) is 6.22. The number of para-hydroxylation sites is 1. The molecule has 136 valence electrons. The predicted molar refractivity (Wildman–Crippen MR) is 113 cm³/mol. The van der Waals surface area contributed by atoms with Gasteiger partial charge in [-0.1, -0.05) is 32.0 Å². The lowest BCUT2D eigenvalue weighted by Crippen LogP contribution is -2.28. The molecule has 2 aromatic rings. The normalized spacial score (nSPS) is 11.2. The first-order valence-corrected chi connectivity index (χ1v) is 10.3. The summed E-state index contributed by atoms with van der Waals surface area (Å²) in [4.78, 5) is 19.3. The number of hydrogen-bond donors (Lipinski definition) is 1. The first-order chi connectivity index (χ1) is 12.2. The molecule has 1 N–H and O–H groups in total. The van der Waals surface area contributed by atoms with E-state index in [1.807, 2.05) is 24.3 Å². The van der Waals surface area contributed by atoms with Crippen molar-refractivity contribution in [3.05, 3.63) is 39.6 Å². The fraction of sp³-hybridized carbons (Fsp3) is 0.500. The highest BCUT2D eigenvalue weighted by atomic mass is 127. The second-order valence-corrected chi connectivity index (χ2v) is 7.47. The first kappa shape index (κ1) is 20.1. The van der Waals surface area contributed by atoms with Crippen LogP contribution in [0.3, 0.4) is 0 Å². The maximum Gasteiger partial charge on any atom is 0.269 e. The highest BCUT2D eigenvalue weighted by Crippen LogP contribution is 2.18. The lowest BCUT2D eigenvalue weighted by atomic mass is 10.2. The van der Waals surface area contributed by atoms with Gasteiger partial charge in [0, 0.05) is 15.5 Å². The topological polar surface area (TPSA) is 45.2 Å². The molecule has 5 heteroatoms. The summed E-state index contributed by atoms with van der Waals surface area (Å²) >= 11 is 2.26. The second-order valence-electron chi connectivity index (χ2n) is 6.31. The van der Waals surface area contributed by atoms with Crippen LogP contribution < -0.4 is 5.32 Å². The molecule has 0 saturated heterocycles. The van der Waals surface area contributed by atoms with Crippen LogP contribution in [-0.4, -0.2) is 42.0 Å². The van der Waals surface area contributed by atoms with E-state index in [-0.39, 0.29) is 5.91 Å². The molecule has 2 rings (SSSR count). The standard InChI is InChI=1S/C20H28IN3O/c1-3-13-24(14-4-2)15-6-5-12-22-20(25)18-11-10-16-8-7-9-17(21)19(16)23-18/h7-11H,3-6,12-15H2,1-2H3,(H,22,25). The van der Waals surface area contributed by atoms with Crippen LogP contribution in [0.15, 0.2) is 30.3 Å². The predicted octanol–water partition coefficient (Wildman–Crippen LogP) is 4.47. The Labute approximate surface area is 164 Å². The van der Waals surface area contributed by atoms with Gasteiger partial charge >= 0.3 is 0 Å². The van der Waals surface area contributed by atoms with Gasteiger partial charge in [0.25, 0.3) is 5.91 Å². The number of benzene rings is 1. The third-order valence-corrected chi connectivity index (χ3v) is 5.04. The number of unbranched alkanes of at least 4 members (excludes halogenated alkanes) is 1. The summed E-state index contributed by atoms with van der Waals surface area (Å²) in [5.74, 6) is -0.0828. The first-order valence-electron chi connectivity index (χ1n) is 9.21. The van der Waals surface area contributed by atoms with Gasteiger partial charge < -0.3 is 10.2 Å². The zero-order valence-electron chi connectivity index (χ0n) is 15.2. The van der Waals surface area contributed by atoms with Crippen LogP contribution in [0, 0.1) is 3.57 Å². The molecule has 1 heterocycles. The van der Waals surface area contributed by atoms with E-state index in [2.05, 4.69) is 51.6 Å². The largest absolute Gasteiger partial charge is 0.351 e. The Hall–Kier alpha value is -1.21. The summed E-state index contributed by atoms with van der Waals surface area (Å²) < 4.78 is 1.07. The summed E-state index contributed by atoms with van der Waals surface area (Å²) in [6.45, 7) is 8.60. The molecule has 0 spiro atoms. The number of carbonyl (C=O) groups excluding carboxylic acids is 1. The highest BCUT2D eigenvalue weighted by Gasteiger charge is 2.09. The van der Waals surface area contributed by atoms with E-state index in [1.54, 1.807) is 6.07 Å². The summed E-state index contributed by atoms with van der Waals surface area (Å²) in [5.41, 5.74) is 1.39. The number of halogens is 1. The number of pyridine rings is 1. The molecule has 0 radical (unpaired) electrons. The fourth-order valence-corrected chi connectivity index (χ4v) is 3.60. The van der Waals surface area contributed by atoms with Crippen LogP contribution in [0.25, 0.3) is 10.9 Å². The summed E-state index contributed by atoms with van der Waals surface area (Å²) in [6.07, 6.45) is 4.51. The molecular formula is C20H28IN3O. The molecule has 0 aliphatic carbocycles. The van der Waals surface area contributed by atoms with Crippen molar-refractivity contribution >= 4 is 39.4 Å². The van der Waals surface area contributed by atoms with E-state index >= 15 is 0 Å². The third-order valence-electron chi connectivity index (χ3n) is 4.17. The van der Waals surface area contributed by atoms with Crippen molar-refractivity contribution < 1.29 is 4.79 Å². The highest BCUT2D eigenvalue weighted by molar-refractivity contribution is 14.1. The molecular weight excluding hydrogens is 425 g/mol. The maximum absolute atomic E-state index is 12.3. The van der Waals surface area contributed by atoms with Crippen molar-refractivity contribution in [2.24, 2.45) is 0 Å². The molecule has 0 unspecified atom stereocenters. The van der Waals surface area contributed by atoms with E-state index in [0.717, 1.165) is 33.9 Å². The Morgan fingerprint density at radius 1 is 1.08 bits per heavy atom. The van der Waals surface area contributed by atoms with Crippen molar-refractivity contribution in [1.29, 1.82) is 0 Å². The Bertz CT molecular complexity index is 684. The number of hydrogen-bond acceptors (Lipinski definition) is 3. The van der Waals surface area contributed by atoms with E-state index < -0.39 is 0 Å². The van der Waals surface area contributed by atoms with Crippen molar-refractivity contribution in [3.8, 4) is 0 Å². The number of amides is 1. The van der Waals surface area contributed by atoms with Gasteiger partial charge in [-0.05, 0) is 80.0 Å². The van der Waals surface area contributed by atoms with Gasteiger partial charge in [0.2, 0.25) is 0 Å². The molecule has 0 fully saturated rings. The van der Waals surface area contributed by atoms with Gasteiger partial charge in [0.1, 0.15) is 5.69 Å². The zero-order valence-corrected chi connectivity index (χ0v) is 17.4. The second kappa shape index (κ2) is 10.7.